The Bertz CT molecular complexity index is 1050. The van der Waals surface area contributed by atoms with Gasteiger partial charge in [-0.15, -0.1) is 21.5 Å². The zero-order valence-electron chi connectivity index (χ0n) is 15.7. The van der Waals surface area contributed by atoms with E-state index in [0.717, 1.165) is 15.0 Å². The molecule has 3 rings (SSSR count). The highest BCUT2D eigenvalue weighted by atomic mass is 79.9. The predicted octanol–water partition coefficient (Wildman–Crippen LogP) is 4.71. The number of rotatable bonds is 8. The summed E-state index contributed by atoms with van der Waals surface area (Å²) in [7, 11) is 0. The summed E-state index contributed by atoms with van der Waals surface area (Å²) < 4.78 is 2.80. The van der Waals surface area contributed by atoms with Gasteiger partial charge in [0.1, 0.15) is 5.82 Å². The lowest BCUT2D eigenvalue weighted by atomic mass is 10.2. The van der Waals surface area contributed by atoms with Gasteiger partial charge in [0.2, 0.25) is 5.91 Å². The van der Waals surface area contributed by atoms with E-state index >= 15 is 0 Å². The van der Waals surface area contributed by atoms with E-state index in [2.05, 4.69) is 31.4 Å². The number of hydrogen-bond acceptors (Lipinski definition) is 6. The fourth-order valence-corrected chi connectivity index (χ4v) is 5.00. The number of thiophene rings is 1. The molecular weight excluding hydrogens is 496 g/mol. The van der Waals surface area contributed by atoms with Gasteiger partial charge in [-0.1, -0.05) is 29.4 Å². The SMILES string of the molecule is CC(=O)NCCc1nnc(SCC(=O)c2ccc(Br)s2)n1-c1ccc(C)c(Cl)c1. The largest absolute Gasteiger partial charge is 0.356 e. The number of aromatic nitrogens is 3. The molecule has 2 heterocycles. The molecule has 29 heavy (non-hydrogen) atoms. The number of benzene rings is 1. The molecule has 10 heteroatoms. The molecule has 6 nitrogen and oxygen atoms in total. The van der Waals surface area contributed by atoms with Crippen molar-refractivity contribution in [2.24, 2.45) is 0 Å². The van der Waals surface area contributed by atoms with Crippen molar-refractivity contribution < 1.29 is 9.59 Å². The number of carbonyl (C=O) groups is 2. The number of amides is 1. The predicted molar refractivity (Wildman–Crippen MR) is 121 cm³/mol. The number of nitrogens with zero attached hydrogens (tertiary/aromatic N) is 3. The van der Waals surface area contributed by atoms with Crippen LogP contribution in [-0.4, -0.2) is 38.8 Å². The summed E-state index contributed by atoms with van der Waals surface area (Å²) in [5.74, 6) is 0.863. The molecule has 152 valence electrons. The Hall–Kier alpha value is -1.68. The van der Waals surface area contributed by atoms with Crippen LogP contribution < -0.4 is 5.32 Å². The van der Waals surface area contributed by atoms with Gasteiger partial charge in [-0.05, 0) is 52.7 Å². The molecule has 0 radical (unpaired) electrons. The van der Waals surface area contributed by atoms with Gasteiger partial charge in [-0.3, -0.25) is 14.2 Å². The fraction of sp³-hybridized carbons (Fsp3) is 0.263. The Morgan fingerprint density at radius 1 is 1.28 bits per heavy atom. The smallest absolute Gasteiger partial charge is 0.216 e. The molecule has 0 saturated heterocycles. The highest BCUT2D eigenvalue weighted by Crippen LogP contribution is 2.28. The topological polar surface area (TPSA) is 76.9 Å². The van der Waals surface area contributed by atoms with Crippen LogP contribution in [0.4, 0.5) is 0 Å². The summed E-state index contributed by atoms with van der Waals surface area (Å²) in [5, 5.41) is 12.6. The van der Waals surface area contributed by atoms with Crippen LogP contribution in [0.5, 0.6) is 0 Å². The van der Waals surface area contributed by atoms with Gasteiger partial charge < -0.3 is 5.32 Å². The maximum atomic E-state index is 12.5. The van der Waals surface area contributed by atoms with Gasteiger partial charge in [0.05, 0.1) is 20.1 Å². The van der Waals surface area contributed by atoms with E-state index in [4.69, 9.17) is 11.6 Å². The number of ketones is 1. The van der Waals surface area contributed by atoms with Crippen LogP contribution in [0.25, 0.3) is 5.69 Å². The van der Waals surface area contributed by atoms with Gasteiger partial charge in [0.15, 0.2) is 10.9 Å². The zero-order valence-corrected chi connectivity index (χ0v) is 19.7. The fourth-order valence-electron chi connectivity index (χ4n) is 2.55. The molecular formula is C19H18BrClN4O2S2. The van der Waals surface area contributed by atoms with Crippen LogP contribution in [0.1, 0.15) is 28.0 Å². The number of aryl methyl sites for hydroxylation is 1. The van der Waals surface area contributed by atoms with Crippen molar-refractivity contribution in [3.8, 4) is 5.69 Å². The Balaban J connectivity index is 1.85. The molecule has 0 aliphatic rings. The first kappa shape index (κ1) is 22.0. The second-order valence-corrected chi connectivity index (χ2v) is 10.0. The summed E-state index contributed by atoms with van der Waals surface area (Å²) in [6.45, 7) is 3.85. The summed E-state index contributed by atoms with van der Waals surface area (Å²) >= 11 is 12.4. The van der Waals surface area contributed by atoms with Gasteiger partial charge in [-0.2, -0.15) is 0 Å². The molecule has 0 aliphatic heterocycles. The van der Waals surface area contributed by atoms with Crippen molar-refractivity contribution in [1.29, 1.82) is 0 Å². The molecule has 0 aliphatic carbocycles. The van der Waals surface area contributed by atoms with E-state index in [-0.39, 0.29) is 17.4 Å². The third kappa shape index (κ3) is 5.69. The lowest BCUT2D eigenvalue weighted by Crippen LogP contribution is -2.23. The van der Waals surface area contributed by atoms with Crippen LogP contribution in [0, 0.1) is 6.92 Å². The monoisotopic (exact) mass is 512 g/mol. The molecule has 0 spiro atoms. The Morgan fingerprint density at radius 3 is 2.72 bits per heavy atom. The molecule has 0 unspecified atom stereocenters. The third-order valence-corrected chi connectivity index (χ3v) is 7.02. The quantitative estimate of drug-likeness (QED) is 0.349. The van der Waals surface area contributed by atoms with Crippen LogP contribution >= 0.6 is 50.6 Å². The van der Waals surface area contributed by atoms with Crippen LogP contribution in [-0.2, 0) is 11.2 Å². The number of carbonyl (C=O) groups excluding carboxylic acids is 2. The summed E-state index contributed by atoms with van der Waals surface area (Å²) in [6, 6.07) is 9.39. The number of thioether (sulfide) groups is 1. The van der Waals surface area contributed by atoms with E-state index in [1.54, 1.807) is 6.07 Å². The van der Waals surface area contributed by atoms with Crippen molar-refractivity contribution in [2.45, 2.75) is 25.4 Å². The maximum Gasteiger partial charge on any atom is 0.216 e. The number of nitrogens with one attached hydrogen (secondary N) is 1. The molecule has 0 atom stereocenters. The summed E-state index contributed by atoms with van der Waals surface area (Å²) in [5.41, 5.74) is 1.79. The first-order chi connectivity index (χ1) is 13.8. The Labute approximate surface area is 190 Å². The van der Waals surface area contributed by atoms with Crippen LogP contribution in [0.2, 0.25) is 5.02 Å². The maximum absolute atomic E-state index is 12.5. The van der Waals surface area contributed by atoms with E-state index < -0.39 is 0 Å². The Morgan fingerprint density at radius 2 is 2.07 bits per heavy atom. The molecule has 3 aromatic rings. The van der Waals surface area contributed by atoms with Crippen molar-refractivity contribution in [3.63, 3.8) is 0 Å². The van der Waals surface area contributed by atoms with Crippen molar-refractivity contribution in [3.05, 3.63) is 55.4 Å². The molecule has 0 fully saturated rings. The van der Waals surface area contributed by atoms with Gasteiger partial charge in [0.25, 0.3) is 0 Å². The van der Waals surface area contributed by atoms with Gasteiger partial charge in [0, 0.05) is 24.9 Å². The number of Topliss-reactive ketones (excluding diaryl/α,β-unsaturated/α-hetero) is 1. The lowest BCUT2D eigenvalue weighted by Gasteiger charge is -2.11. The first-order valence-corrected chi connectivity index (χ1v) is 11.7. The second-order valence-electron chi connectivity index (χ2n) is 6.22. The Kier molecular flexibility index (Phi) is 7.50. The first-order valence-electron chi connectivity index (χ1n) is 8.71. The summed E-state index contributed by atoms with van der Waals surface area (Å²) in [4.78, 5) is 24.3. The van der Waals surface area contributed by atoms with E-state index in [0.29, 0.717) is 33.8 Å². The highest BCUT2D eigenvalue weighted by Gasteiger charge is 2.18. The minimum atomic E-state index is -0.100. The minimum Gasteiger partial charge on any atom is -0.356 e. The number of hydrogen-bond donors (Lipinski definition) is 1. The number of halogens is 2. The van der Waals surface area contributed by atoms with Crippen molar-refractivity contribution in [2.75, 3.05) is 12.3 Å². The van der Waals surface area contributed by atoms with E-state index in [9.17, 15) is 9.59 Å². The average Bonchev–Trinajstić information content (AvgIpc) is 3.28. The van der Waals surface area contributed by atoms with E-state index in [1.807, 2.05) is 35.8 Å². The molecule has 0 saturated carbocycles. The zero-order chi connectivity index (χ0) is 21.0. The van der Waals surface area contributed by atoms with Crippen LogP contribution in [0.3, 0.4) is 0 Å². The van der Waals surface area contributed by atoms with Gasteiger partial charge >= 0.3 is 0 Å². The molecule has 0 bridgehead atoms. The molecule has 1 amide bonds. The molecule has 1 aromatic carbocycles. The van der Waals surface area contributed by atoms with Gasteiger partial charge in [-0.25, -0.2) is 0 Å². The molecule has 2 aromatic heterocycles. The third-order valence-electron chi connectivity index (χ3n) is 4.02. The standard InChI is InChI=1S/C19H18BrClN4O2S2/c1-11-3-4-13(9-14(11)21)25-18(7-8-22-12(2)26)23-24-19(25)28-10-15(27)16-5-6-17(20)29-16/h3-6,9H,7-8,10H2,1-2H3,(H,22,26). The molecule has 1 N–H and O–H groups in total. The normalized spacial score (nSPS) is 10.9. The lowest BCUT2D eigenvalue weighted by molar-refractivity contribution is -0.118. The van der Waals surface area contributed by atoms with Crippen molar-refractivity contribution in [1.82, 2.24) is 20.1 Å². The highest BCUT2D eigenvalue weighted by molar-refractivity contribution is 9.11. The van der Waals surface area contributed by atoms with Crippen LogP contribution in [0.15, 0.2) is 39.3 Å². The second kappa shape index (κ2) is 9.88. The van der Waals surface area contributed by atoms with Crippen molar-refractivity contribution >= 4 is 62.3 Å². The average molecular weight is 514 g/mol. The minimum absolute atomic E-state index is 0.0296. The van der Waals surface area contributed by atoms with E-state index in [1.165, 1.54) is 30.0 Å². The summed E-state index contributed by atoms with van der Waals surface area (Å²) in [6.07, 6.45) is 0.504.